The van der Waals surface area contributed by atoms with Crippen LogP contribution in [0.5, 0.6) is 0 Å². The fourth-order valence-corrected chi connectivity index (χ4v) is 1.16. The minimum Gasteiger partial charge on any atom is -0.379 e. The summed E-state index contributed by atoms with van der Waals surface area (Å²) in [6.45, 7) is 0. The van der Waals surface area contributed by atoms with Gasteiger partial charge in [0.2, 0.25) is 0 Å². The van der Waals surface area contributed by atoms with Crippen molar-refractivity contribution in [1.82, 2.24) is 4.98 Å². The SMILES string of the molecule is OC(c1ccnc(Br)c1)C(F)(F)F. The molecule has 0 fully saturated rings. The first-order chi connectivity index (χ1) is 5.91. The maximum atomic E-state index is 12.0. The first-order valence-corrected chi connectivity index (χ1v) is 4.07. The van der Waals surface area contributed by atoms with Gasteiger partial charge in [0.1, 0.15) is 4.60 Å². The highest BCUT2D eigenvalue weighted by Gasteiger charge is 2.39. The van der Waals surface area contributed by atoms with Crippen LogP contribution in [-0.2, 0) is 0 Å². The van der Waals surface area contributed by atoms with Crippen LogP contribution >= 0.6 is 15.9 Å². The van der Waals surface area contributed by atoms with E-state index in [2.05, 4.69) is 20.9 Å². The molecule has 0 aromatic carbocycles. The van der Waals surface area contributed by atoms with E-state index in [0.717, 1.165) is 12.1 Å². The molecule has 1 rings (SSSR count). The lowest BCUT2D eigenvalue weighted by atomic mass is 10.1. The predicted molar refractivity (Wildman–Crippen MR) is 43.0 cm³/mol. The van der Waals surface area contributed by atoms with Crippen LogP contribution in [0.1, 0.15) is 11.7 Å². The van der Waals surface area contributed by atoms with Crippen molar-refractivity contribution in [3.05, 3.63) is 28.5 Å². The Morgan fingerprint density at radius 2 is 2.08 bits per heavy atom. The van der Waals surface area contributed by atoms with Crippen LogP contribution in [0.3, 0.4) is 0 Å². The number of aliphatic hydroxyl groups is 1. The highest BCUT2D eigenvalue weighted by atomic mass is 79.9. The van der Waals surface area contributed by atoms with Crippen LogP contribution in [0, 0.1) is 0 Å². The molecule has 0 aliphatic rings. The molecule has 13 heavy (non-hydrogen) atoms. The molecule has 2 nitrogen and oxygen atoms in total. The van der Waals surface area contributed by atoms with Crippen LogP contribution in [0.2, 0.25) is 0 Å². The van der Waals surface area contributed by atoms with Crippen molar-refractivity contribution in [1.29, 1.82) is 0 Å². The summed E-state index contributed by atoms with van der Waals surface area (Å²) in [6, 6.07) is 2.24. The number of nitrogens with zero attached hydrogens (tertiary/aromatic N) is 1. The molecule has 0 bridgehead atoms. The number of pyridine rings is 1. The van der Waals surface area contributed by atoms with Crippen molar-refractivity contribution >= 4 is 15.9 Å². The first kappa shape index (κ1) is 10.5. The Bertz CT molecular complexity index is 302. The second-order valence-electron chi connectivity index (χ2n) is 2.36. The smallest absolute Gasteiger partial charge is 0.379 e. The molecule has 1 aromatic rings. The minimum atomic E-state index is -4.64. The van der Waals surface area contributed by atoms with Crippen LogP contribution in [-0.4, -0.2) is 16.3 Å². The van der Waals surface area contributed by atoms with Crippen molar-refractivity contribution in [2.45, 2.75) is 12.3 Å². The maximum absolute atomic E-state index is 12.0. The van der Waals surface area contributed by atoms with E-state index in [1.165, 1.54) is 6.20 Å². The fraction of sp³-hybridized carbons (Fsp3) is 0.286. The van der Waals surface area contributed by atoms with Gasteiger partial charge in [-0.25, -0.2) is 4.98 Å². The summed E-state index contributed by atoms with van der Waals surface area (Å²) in [7, 11) is 0. The molecule has 0 aliphatic heterocycles. The third-order valence-corrected chi connectivity index (χ3v) is 1.81. The van der Waals surface area contributed by atoms with Gasteiger partial charge in [-0.15, -0.1) is 0 Å². The van der Waals surface area contributed by atoms with Gasteiger partial charge in [0.15, 0.2) is 6.10 Å². The summed E-state index contributed by atoms with van der Waals surface area (Å²) in [6.07, 6.45) is -5.90. The van der Waals surface area contributed by atoms with Gasteiger partial charge < -0.3 is 5.11 Å². The van der Waals surface area contributed by atoms with Crippen LogP contribution in [0.4, 0.5) is 13.2 Å². The zero-order chi connectivity index (χ0) is 10.1. The number of alkyl halides is 3. The Morgan fingerprint density at radius 3 is 2.54 bits per heavy atom. The van der Waals surface area contributed by atoms with Gasteiger partial charge in [-0.3, -0.25) is 0 Å². The molecule has 0 spiro atoms. The van der Waals surface area contributed by atoms with Gasteiger partial charge in [-0.1, -0.05) is 0 Å². The Labute approximate surface area is 80.5 Å². The quantitative estimate of drug-likeness (QED) is 0.783. The molecule has 1 N–H and O–H groups in total. The third kappa shape index (κ3) is 2.67. The van der Waals surface area contributed by atoms with Crippen molar-refractivity contribution in [3.63, 3.8) is 0 Å². The van der Waals surface area contributed by atoms with Gasteiger partial charge in [-0.05, 0) is 33.6 Å². The third-order valence-electron chi connectivity index (χ3n) is 1.38. The Hall–Kier alpha value is -0.620. The second kappa shape index (κ2) is 3.63. The van der Waals surface area contributed by atoms with Crippen LogP contribution in [0.25, 0.3) is 0 Å². The lowest BCUT2D eigenvalue weighted by Gasteiger charge is -2.14. The number of hydrogen-bond donors (Lipinski definition) is 1. The summed E-state index contributed by atoms with van der Waals surface area (Å²) >= 11 is 2.91. The molecule has 0 aliphatic carbocycles. The highest BCUT2D eigenvalue weighted by Crippen LogP contribution is 2.32. The van der Waals surface area contributed by atoms with E-state index in [9.17, 15) is 13.2 Å². The van der Waals surface area contributed by atoms with Crippen molar-refractivity contribution in [2.24, 2.45) is 0 Å². The lowest BCUT2D eigenvalue weighted by Crippen LogP contribution is -2.20. The average Bonchev–Trinajstić information content (AvgIpc) is 2.01. The molecule has 1 unspecified atom stereocenters. The van der Waals surface area contributed by atoms with Gasteiger partial charge in [0.25, 0.3) is 0 Å². The second-order valence-corrected chi connectivity index (χ2v) is 3.17. The maximum Gasteiger partial charge on any atom is 0.418 e. The van der Waals surface area contributed by atoms with Crippen LogP contribution < -0.4 is 0 Å². The molecular weight excluding hydrogens is 251 g/mol. The number of hydrogen-bond acceptors (Lipinski definition) is 2. The molecule has 0 saturated heterocycles. The van der Waals surface area contributed by atoms with Crippen molar-refractivity contribution in [3.8, 4) is 0 Å². The molecule has 1 heterocycles. The Morgan fingerprint density at radius 1 is 1.46 bits per heavy atom. The zero-order valence-electron chi connectivity index (χ0n) is 6.22. The lowest BCUT2D eigenvalue weighted by molar-refractivity contribution is -0.206. The number of aliphatic hydroxyl groups excluding tert-OH is 1. The molecule has 0 amide bonds. The minimum absolute atomic E-state index is 0.227. The molecular formula is C7H5BrF3NO. The molecule has 72 valence electrons. The van der Waals surface area contributed by atoms with E-state index in [-0.39, 0.29) is 10.2 Å². The Kier molecular flexibility index (Phi) is 2.92. The van der Waals surface area contributed by atoms with Gasteiger partial charge in [0.05, 0.1) is 0 Å². The molecule has 0 radical (unpaired) electrons. The largest absolute Gasteiger partial charge is 0.418 e. The topological polar surface area (TPSA) is 33.1 Å². The van der Waals surface area contributed by atoms with E-state index >= 15 is 0 Å². The highest BCUT2D eigenvalue weighted by molar-refractivity contribution is 9.10. The summed E-state index contributed by atoms with van der Waals surface area (Å²) in [5, 5.41) is 8.81. The average molecular weight is 256 g/mol. The van der Waals surface area contributed by atoms with Crippen LogP contribution in [0.15, 0.2) is 22.9 Å². The first-order valence-electron chi connectivity index (χ1n) is 3.27. The van der Waals surface area contributed by atoms with E-state index in [4.69, 9.17) is 5.11 Å². The summed E-state index contributed by atoms with van der Waals surface area (Å²) in [4.78, 5) is 3.64. The van der Waals surface area contributed by atoms with Gasteiger partial charge >= 0.3 is 6.18 Å². The van der Waals surface area contributed by atoms with Crippen molar-refractivity contribution < 1.29 is 18.3 Å². The number of rotatable bonds is 1. The number of aromatic nitrogens is 1. The summed E-state index contributed by atoms with van der Waals surface area (Å²) in [5.74, 6) is 0. The summed E-state index contributed by atoms with van der Waals surface area (Å²) < 4.78 is 36.2. The molecule has 0 saturated carbocycles. The fourth-order valence-electron chi connectivity index (χ4n) is 0.777. The van der Waals surface area contributed by atoms with E-state index < -0.39 is 12.3 Å². The van der Waals surface area contributed by atoms with E-state index in [1.807, 2.05) is 0 Å². The zero-order valence-corrected chi connectivity index (χ0v) is 7.80. The normalized spacial score (nSPS) is 14.2. The Balaban J connectivity index is 2.96. The van der Waals surface area contributed by atoms with Gasteiger partial charge in [-0.2, -0.15) is 13.2 Å². The van der Waals surface area contributed by atoms with Gasteiger partial charge in [0, 0.05) is 6.20 Å². The summed E-state index contributed by atoms with van der Waals surface area (Å²) in [5.41, 5.74) is -0.227. The standard InChI is InChI=1S/C7H5BrF3NO/c8-5-3-4(1-2-12-5)6(13)7(9,10)11/h1-3,6,13H. The van der Waals surface area contributed by atoms with E-state index in [1.54, 1.807) is 0 Å². The molecule has 1 aromatic heterocycles. The number of halogens is 4. The van der Waals surface area contributed by atoms with E-state index in [0.29, 0.717) is 0 Å². The monoisotopic (exact) mass is 255 g/mol. The molecule has 1 atom stereocenters. The predicted octanol–water partition coefficient (Wildman–Crippen LogP) is 2.44. The van der Waals surface area contributed by atoms with Crippen molar-refractivity contribution in [2.75, 3.05) is 0 Å². The molecule has 6 heteroatoms.